The van der Waals surface area contributed by atoms with Crippen molar-refractivity contribution in [2.75, 3.05) is 7.11 Å². The van der Waals surface area contributed by atoms with Crippen LogP contribution in [0.5, 0.6) is 0 Å². The van der Waals surface area contributed by atoms with E-state index in [1.807, 2.05) is 0 Å². The number of carbonyl (C=O) groups excluding carboxylic acids is 1. The highest BCUT2D eigenvalue weighted by atomic mass is 19.1. The van der Waals surface area contributed by atoms with E-state index in [1.54, 1.807) is 12.1 Å². The highest BCUT2D eigenvalue weighted by Crippen LogP contribution is 2.10. The predicted octanol–water partition coefficient (Wildman–Crippen LogP) is 2.57. The van der Waals surface area contributed by atoms with Gasteiger partial charge in [-0.2, -0.15) is 0 Å². The lowest BCUT2D eigenvalue weighted by Crippen LogP contribution is -2.01. The third-order valence-corrected chi connectivity index (χ3v) is 1.81. The Bertz CT molecular complexity index is 408. The summed E-state index contributed by atoms with van der Waals surface area (Å²) in [5, 5.41) is 0. The molecule has 0 saturated carbocycles. The maximum absolute atomic E-state index is 12.8. The van der Waals surface area contributed by atoms with Gasteiger partial charge in [0, 0.05) is 0 Å². The molecular formula is C12H11FO2. The van der Waals surface area contributed by atoms with E-state index in [0.717, 1.165) is 0 Å². The number of carbonyl (C=O) groups is 1. The van der Waals surface area contributed by atoms with Gasteiger partial charge in [-0.3, -0.25) is 0 Å². The van der Waals surface area contributed by atoms with Crippen molar-refractivity contribution >= 4 is 12.0 Å². The first-order valence-corrected chi connectivity index (χ1v) is 4.35. The minimum absolute atomic E-state index is 0.295. The summed E-state index contributed by atoms with van der Waals surface area (Å²) >= 11 is 0. The Balaban J connectivity index is 3.03. The van der Waals surface area contributed by atoms with E-state index >= 15 is 0 Å². The second kappa shape index (κ2) is 5.10. The van der Waals surface area contributed by atoms with Gasteiger partial charge in [-0.15, -0.1) is 0 Å². The molecule has 0 amide bonds. The summed E-state index contributed by atoms with van der Waals surface area (Å²) in [6.07, 6.45) is 2.89. The number of esters is 1. The maximum Gasteiger partial charge on any atom is 0.337 e. The molecule has 3 heteroatoms. The third-order valence-electron chi connectivity index (χ3n) is 1.81. The van der Waals surface area contributed by atoms with E-state index in [2.05, 4.69) is 11.3 Å². The fraction of sp³-hybridized carbons (Fsp3) is 0.0833. The van der Waals surface area contributed by atoms with Gasteiger partial charge in [-0.25, -0.2) is 9.18 Å². The molecule has 0 unspecified atom stereocenters. The molecule has 0 aromatic heterocycles. The smallest absolute Gasteiger partial charge is 0.337 e. The molecule has 78 valence electrons. The molecule has 0 heterocycles. The zero-order chi connectivity index (χ0) is 11.3. The minimum atomic E-state index is -0.491. The number of hydrogen-bond donors (Lipinski definition) is 0. The van der Waals surface area contributed by atoms with Crippen LogP contribution >= 0.6 is 0 Å². The first kappa shape index (κ1) is 11.2. The van der Waals surface area contributed by atoms with Crippen molar-refractivity contribution < 1.29 is 13.9 Å². The van der Waals surface area contributed by atoms with Gasteiger partial charge in [-0.05, 0) is 23.8 Å². The van der Waals surface area contributed by atoms with Crippen LogP contribution < -0.4 is 0 Å². The molecule has 1 aromatic rings. The number of hydrogen-bond acceptors (Lipinski definition) is 2. The van der Waals surface area contributed by atoms with Crippen LogP contribution in [0.2, 0.25) is 0 Å². The van der Waals surface area contributed by atoms with E-state index in [0.29, 0.717) is 11.1 Å². The quantitative estimate of drug-likeness (QED) is 0.431. The predicted molar refractivity (Wildman–Crippen MR) is 56.6 cm³/mol. The van der Waals surface area contributed by atoms with Gasteiger partial charge >= 0.3 is 5.97 Å². The molecule has 0 bridgehead atoms. The molecule has 1 rings (SSSR count). The molecule has 0 aliphatic heterocycles. The van der Waals surface area contributed by atoms with Crippen molar-refractivity contribution in [2.45, 2.75) is 0 Å². The first-order chi connectivity index (χ1) is 7.17. The van der Waals surface area contributed by atoms with Crippen LogP contribution in [-0.4, -0.2) is 13.1 Å². The molecule has 0 spiro atoms. The van der Waals surface area contributed by atoms with Crippen LogP contribution in [0.15, 0.2) is 42.5 Å². The van der Waals surface area contributed by atoms with Gasteiger partial charge in [-0.1, -0.05) is 24.8 Å². The number of methoxy groups -OCH3 is 1. The number of rotatable bonds is 3. The van der Waals surface area contributed by atoms with Crippen molar-refractivity contribution in [3.05, 3.63) is 53.9 Å². The average molecular weight is 206 g/mol. The van der Waals surface area contributed by atoms with Crippen LogP contribution in [0.25, 0.3) is 6.08 Å². The van der Waals surface area contributed by atoms with Crippen molar-refractivity contribution in [2.24, 2.45) is 0 Å². The fourth-order valence-corrected chi connectivity index (χ4v) is 1.09. The lowest BCUT2D eigenvalue weighted by molar-refractivity contribution is -0.135. The van der Waals surface area contributed by atoms with E-state index in [1.165, 1.54) is 31.4 Å². The molecular weight excluding hydrogens is 195 g/mol. The molecule has 15 heavy (non-hydrogen) atoms. The Kier molecular flexibility index (Phi) is 3.80. The third kappa shape index (κ3) is 3.06. The highest BCUT2D eigenvalue weighted by molar-refractivity contribution is 5.96. The second-order valence-electron chi connectivity index (χ2n) is 2.85. The Morgan fingerprint density at radius 1 is 1.53 bits per heavy atom. The number of benzene rings is 1. The number of ether oxygens (including phenoxy) is 1. The summed E-state index contributed by atoms with van der Waals surface area (Å²) < 4.78 is 17.4. The van der Waals surface area contributed by atoms with Crippen LogP contribution in [-0.2, 0) is 9.53 Å². The van der Waals surface area contributed by atoms with Crippen LogP contribution in [0.4, 0.5) is 4.39 Å². The molecule has 0 fully saturated rings. The van der Waals surface area contributed by atoms with Gasteiger partial charge < -0.3 is 4.74 Å². The molecule has 0 aliphatic rings. The summed E-state index contributed by atoms with van der Waals surface area (Å²) in [6, 6.07) is 5.92. The lowest BCUT2D eigenvalue weighted by atomic mass is 10.1. The molecule has 0 N–H and O–H groups in total. The van der Waals surface area contributed by atoms with Crippen molar-refractivity contribution in [3.8, 4) is 0 Å². The maximum atomic E-state index is 12.8. The largest absolute Gasteiger partial charge is 0.465 e. The van der Waals surface area contributed by atoms with Crippen LogP contribution in [0, 0.1) is 5.82 Å². The van der Waals surface area contributed by atoms with Gasteiger partial charge in [0.25, 0.3) is 0 Å². The summed E-state index contributed by atoms with van der Waals surface area (Å²) in [7, 11) is 1.28. The average Bonchev–Trinajstić information content (AvgIpc) is 2.25. The van der Waals surface area contributed by atoms with E-state index in [-0.39, 0.29) is 5.82 Å². The second-order valence-corrected chi connectivity index (χ2v) is 2.85. The Hall–Kier alpha value is -1.90. The molecule has 0 aliphatic carbocycles. The molecule has 0 saturated heterocycles. The van der Waals surface area contributed by atoms with E-state index in [9.17, 15) is 9.18 Å². The number of halogens is 1. The summed E-state index contributed by atoms with van der Waals surface area (Å²) in [5.41, 5.74) is 0.887. The SMILES string of the molecule is C=C/C(=C\c1cccc(F)c1)C(=O)OC. The monoisotopic (exact) mass is 206 g/mol. The minimum Gasteiger partial charge on any atom is -0.465 e. The molecule has 0 radical (unpaired) electrons. The Morgan fingerprint density at radius 3 is 2.80 bits per heavy atom. The molecule has 0 atom stereocenters. The fourth-order valence-electron chi connectivity index (χ4n) is 1.09. The van der Waals surface area contributed by atoms with Crippen LogP contribution in [0.1, 0.15) is 5.56 Å². The Labute approximate surface area is 87.7 Å². The molecule has 1 aromatic carbocycles. The summed E-state index contributed by atoms with van der Waals surface area (Å²) in [6.45, 7) is 3.49. The van der Waals surface area contributed by atoms with Gasteiger partial charge in [0.1, 0.15) is 5.82 Å². The van der Waals surface area contributed by atoms with Crippen molar-refractivity contribution in [3.63, 3.8) is 0 Å². The van der Waals surface area contributed by atoms with Gasteiger partial charge in [0.2, 0.25) is 0 Å². The van der Waals surface area contributed by atoms with Gasteiger partial charge in [0.15, 0.2) is 0 Å². The topological polar surface area (TPSA) is 26.3 Å². The molecule has 2 nitrogen and oxygen atoms in total. The van der Waals surface area contributed by atoms with Crippen molar-refractivity contribution in [1.29, 1.82) is 0 Å². The zero-order valence-electron chi connectivity index (χ0n) is 8.37. The standard InChI is InChI=1S/C12H11FO2/c1-3-10(12(14)15-2)7-9-5-4-6-11(13)8-9/h3-8H,1H2,2H3/b10-7+. The lowest BCUT2D eigenvalue weighted by Gasteiger charge is -1.99. The zero-order valence-corrected chi connectivity index (χ0v) is 8.37. The summed E-state index contributed by atoms with van der Waals surface area (Å²) in [4.78, 5) is 11.2. The normalized spacial score (nSPS) is 10.9. The highest BCUT2D eigenvalue weighted by Gasteiger charge is 2.04. The van der Waals surface area contributed by atoms with Crippen LogP contribution in [0.3, 0.4) is 0 Å². The Morgan fingerprint density at radius 2 is 2.27 bits per heavy atom. The first-order valence-electron chi connectivity index (χ1n) is 4.35. The summed E-state index contributed by atoms with van der Waals surface area (Å²) in [5.74, 6) is -0.841. The van der Waals surface area contributed by atoms with E-state index < -0.39 is 5.97 Å². The van der Waals surface area contributed by atoms with Crippen molar-refractivity contribution in [1.82, 2.24) is 0 Å². The van der Waals surface area contributed by atoms with Gasteiger partial charge in [0.05, 0.1) is 12.7 Å². The van der Waals surface area contributed by atoms with E-state index in [4.69, 9.17) is 0 Å².